The third-order valence-corrected chi connectivity index (χ3v) is 5.76. The summed E-state index contributed by atoms with van der Waals surface area (Å²) >= 11 is 0. The molecule has 1 heterocycles. The molecule has 0 fully saturated rings. The van der Waals surface area contributed by atoms with Crippen molar-refractivity contribution in [3.63, 3.8) is 0 Å². The van der Waals surface area contributed by atoms with Gasteiger partial charge in [-0.2, -0.15) is 5.10 Å². The van der Waals surface area contributed by atoms with Crippen LogP contribution in [-0.2, 0) is 14.8 Å². The molecule has 0 unspecified atom stereocenters. The zero-order chi connectivity index (χ0) is 21.9. The Bertz CT molecular complexity index is 1100. The molecule has 3 rings (SSSR count). The van der Waals surface area contributed by atoms with Crippen LogP contribution in [0.3, 0.4) is 0 Å². The largest absolute Gasteiger partial charge is 0.486 e. The predicted octanol–water partition coefficient (Wildman–Crippen LogP) is 2.38. The number of amides is 1. The van der Waals surface area contributed by atoms with E-state index >= 15 is 0 Å². The summed E-state index contributed by atoms with van der Waals surface area (Å²) in [5.41, 5.74) is 5.88. The van der Waals surface area contributed by atoms with Gasteiger partial charge < -0.3 is 9.47 Å². The van der Waals surface area contributed by atoms with Crippen molar-refractivity contribution in [3.8, 4) is 11.5 Å². The maximum Gasteiger partial charge on any atom is 0.260 e. The number of sulfonamides is 1. The van der Waals surface area contributed by atoms with E-state index in [-0.39, 0.29) is 6.54 Å². The second-order valence-corrected chi connectivity index (χ2v) is 9.06. The normalized spacial score (nSPS) is 13.7. The maximum atomic E-state index is 12.5. The highest BCUT2D eigenvalue weighted by Gasteiger charge is 2.22. The number of carbonyl (C=O) groups excluding carboxylic acids is 1. The Morgan fingerprint density at radius 1 is 1.10 bits per heavy atom. The second-order valence-electron chi connectivity index (χ2n) is 7.15. The molecule has 0 aliphatic carbocycles. The molecule has 0 bridgehead atoms. The second kappa shape index (κ2) is 8.74. The maximum absolute atomic E-state index is 12.5. The number of rotatable bonds is 6. The van der Waals surface area contributed by atoms with Crippen LogP contribution in [0.25, 0.3) is 0 Å². The molecule has 0 spiro atoms. The number of hydrogen-bond donors (Lipinski definition) is 1. The van der Waals surface area contributed by atoms with Crippen LogP contribution < -0.4 is 19.2 Å². The van der Waals surface area contributed by atoms with E-state index in [1.807, 2.05) is 25.1 Å². The van der Waals surface area contributed by atoms with Gasteiger partial charge in [0.05, 0.1) is 17.7 Å². The number of aryl methyl sites for hydroxylation is 2. The van der Waals surface area contributed by atoms with Gasteiger partial charge in [0.25, 0.3) is 5.91 Å². The van der Waals surface area contributed by atoms with Crippen molar-refractivity contribution in [2.24, 2.45) is 5.10 Å². The number of anilines is 1. The van der Waals surface area contributed by atoms with E-state index in [1.165, 1.54) is 0 Å². The molecule has 0 aromatic heterocycles. The fraction of sp³-hybridized carbons (Fsp3) is 0.333. The van der Waals surface area contributed by atoms with Gasteiger partial charge in [0.1, 0.15) is 19.8 Å². The molecule has 160 valence electrons. The molecule has 30 heavy (non-hydrogen) atoms. The van der Waals surface area contributed by atoms with E-state index in [1.54, 1.807) is 32.0 Å². The quantitative estimate of drug-likeness (QED) is 0.559. The topological polar surface area (TPSA) is 97.3 Å². The van der Waals surface area contributed by atoms with Crippen LogP contribution in [0.15, 0.2) is 41.5 Å². The van der Waals surface area contributed by atoms with Gasteiger partial charge in [-0.25, -0.2) is 13.8 Å². The Hall–Kier alpha value is -3.07. The molecule has 0 radical (unpaired) electrons. The Labute approximate surface area is 176 Å². The highest BCUT2D eigenvalue weighted by atomic mass is 32.2. The van der Waals surface area contributed by atoms with Gasteiger partial charge in [0, 0.05) is 5.56 Å². The van der Waals surface area contributed by atoms with Crippen molar-refractivity contribution in [2.75, 3.05) is 30.3 Å². The summed E-state index contributed by atoms with van der Waals surface area (Å²) in [6.45, 7) is 6.01. The fourth-order valence-electron chi connectivity index (χ4n) is 3.01. The Morgan fingerprint density at radius 3 is 2.50 bits per heavy atom. The Morgan fingerprint density at radius 2 is 1.80 bits per heavy atom. The number of nitrogens with zero attached hydrogens (tertiary/aromatic N) is 2. The minimum atomic E-state index is -3.66. The highest BCUT2D eigenvalue weighted by molar-refractivity contribution is 7.92. The lowest BCUT2D eigenvalue weighted by Gasteiger charge is -2.23. The molecule has 0 atom stereocenters. The molecule has 0 saturated heterocycles. The average Bonchev–Trinajstić information content (AvgIpc) is 2.71. The van der Waals surface area contributed by atoms with Gasteiger partial charge in [0.15, 0.2) is 11.5 Å². The number of hydrogen-bond acceptors (Lipinski definition) is 6. The van der Waals surface area contributed by atoms with E-state index in [0.29, 0.717) is 36.1 Å². The molecule has 1 N–H and O–H groups in total. The van der Waals surface area contributed by atoms with Crippen LogP contribution in [0.4, 0.5) is 5.69 Å². The SMILES string of the molecule is C/C(=N/NC(=O)CN(c1cc(C)ccc1C)S(C)(=O)=O)c1ccc2c(c1)OCCO2. The lowest BCUT2D eigenvalue weighted by molar-refractivity contribution is -0.119. The Kier molecular flexibility index (Phi) is 6.31. The Balaban J connectivity index is 1.75. The molecule has 1 amide bonds. The van der Waals surface area contributed by atoms with Crippen molar-refractivity contribution in [3.05, 3.63) is 53.1 Å². The van der Waals surface area contributed by atoms with Crippen LogP contribution in [0.2, 0.25) is 0 Å². The monoisotopic (exact) mass is 431 g/mol. The number of nitrogens with one attached hydrogen (secondary N) is 1. The molecular formula is C21H25N3O5S. The summed E-state index contributed by atoms with van der Waals surface area (Å²) in [5, 5.41) is 4.11. The molecule has 1 aliphatic heterocycles. The van der Waals surface area contributed by atoms with E-state index in [4.69, 9.17) is 9.47 Å². The smallest absolute Gasteiger partial charge is 0.260 e. The standard InChI is InChI=1S/C21H25N3O5S/c1-14-5-6-15(2)18(11-14)24(30(4,26)27)13-21(25)23-22-16(3)17-7-8-19-20(12-17)29-10-9-28-19/h5-8,11-12H,9-10,13H2,1-4H3,(H,23,25)/b22-16-. The van der Waals surface area contributed by atoms with Crippen LogP contribution in [-0.4, -0.2) is 46.1 Å². The summed E-state index contributed by atoms with van der Waals surface area (Å²) in [5.74, 6) is 0.746. The van der Waals surface area contributed by atoms with Gasteiger partial charge in [-0.3, -0.25) is 9.10 Å². The average molecular weight is 432 g/mol. The molecule has 2 aromatic carbocycles. The van der Waals surface area contributed by atoms with Crippen LogP contribution >= 0.6 is 0 Å². The number of ether oxygens (including phenoxy) is 2. The molecule has 8 nitrogen and oxygen atoms in total. The molecule has 2 aromatic rings. The van der Waals surface area contributed by atoms with E-state index in [9.17, 15) is 13.2 Å². The molecular weight excluding hydrogens is 406 g/mol. The number of fused-ring (bicyclic) bond motifs is 1. The van der Waals surface area contributed by atoms with E-state index in [2.05, 4.69) is 10.5 Å². The molecule has 1 aliphatic rings. The number of hydrazone groups is 1. The first kappa shape index (κ1) is 21.6. The lowest BCUT2D eigenvalue weighted by Crippen LogP contribution is -2.39. The predicted molar refractivity (Wildman–Crippen MR) is 116 cm³/mol. The van der Waals surface area contributed by atoms with E-state index < -0.39 is 15.9 Å². The highest BCUT2D eigenvalue weighted by Crippen LogP contribution is 2.31. The summed E-state index contributed by atoms with van der Waals surface area (Å²) in [6.07, 6.45) is 1.08. The third kappa shape index (κ3) is 5.10. The van der Waals surface area contributed by atoms with Crippen LogP contribution in [0.1, 0.15) is 23.6 Å². The van der Waals surface area contributed by atoms with Gasteiger partial charge >= 0.3 is 0 Å². The summed E-state index contributed by atoms with van der Waals surface area (Å²) < 4.78 is 36.8. The zero-order valence-electron chi connectivity index (χ0n) is 17.4. The van der Waals surface area contributed by atoms with E-state index in [0.717, 1.165) is 27.3 Å². The minimum Gasteiger partial charge on any atom is -0.486 e. The first-order valence-electron chi connectivity index (χ1n) is 9.43. The van der Waals surface area contributed by atoms with Gasteiger partial charge in [-0.15, -0.1) is 0 Å². The van der Waals surface area contributed by atoms with Crippen molar-refractivity contribution in [1.82, 2.24) is 5.43 Å². The minimum absolute atomic E-state index is 0.374. The van der Waals surface area contributed by atoms with Crippen LogP contribution in [0.5, 0.6) is 11.5 Å². The van der Waals surface area contributed by atoms with Gasteiger partial charge in [-0.05, 0) is 56.2 Å². The number of carbonyl (C=O) groups is 1. The first-order valence-corrected chi connectivity index (χ1v) is 11.3. The molecule has 0 saturated carbocycles. The van der Waals surface area contributed by atoms with Crippen molar-refractivity contribution in [2.45, 2.75) is 20.8 Å². The lowest BCUT2D eigenvalue weighted by atomic mass is 10.1. The fourth-order valence-corrected chi connectivity index (χ4v) is 3.92. The zero-order valence-corrected chi connectivity index (χ0v) is 18.2. The summed E-state index contributed by atoms with van der Waals surface area (Å²) in [7, 11) is -3.66. The van der Waals surface area contributed by atoms with Crippen LogP contribution in [0, 0.1) is 13.8 Å². The first-order chi connectivity index (χ1) is 14.1. The number of benzene rings is 2. The van der Waals surface area contributed by atoms with Crippen molar-refractivity contribution < 1.29 is 22.7 Å². The van der Waals surface area contributed by atoms with Gasteiger partial charge in [0.2, 0.25) is 10.0 Å². The summed E-state index contributed by atoms with van der Waals surface area (Å²) in [4.78, 5) is 12.5. The summed E-state index contributed by atoms with van der Waals surface area (Å²) in [6, 6.07) is 10.9. The van der Waals surface area contributed by atoms with Crippen molar-refractivity contribution >= 4 is 27.3 Å². The third-order valence-electron chi connectivity index (χ3n) is 4.63. The molecule has 9 heteroatoms. The van der Waals surface area contributed by atoms with Crippen molar-refractivity contribution in [1.29, 1.82) is 0 Å². The van der Waals surface area contributed by atoms with Gasteiger partial charge in [-0.1, -0.05) is 12.1 Å².